The van der Waals surface area contributed by atoms with Crippen molar-refractivity contribution in [3.8, 4) is 11.4 Å². The molecule has 0 unspecified atom stereocenters. The number of hydrogen-bond acceptors (Lipinski definition) is 8. The lowest BCUT2D eigenvalue weighted by atomic mass is 10.3. The lowest BCUT2D eigenvalue weighted by Gasteiger charge is -2.13. The number of anilines is 1. The largest absolute Gasteiger partial charge is 0.346 e. The molecular formula is C7H8N6S2. The highest BCUT2D eigenvalue weighted by Crippen LogP contribution is 2.31. The van der Waals surface area contributed by atoms with Crippen LogP contribution in [0.3, 0.4) is 0 Å². The Kier molecular flexibility index (Phi) is 2.31. The molecule has 6 nitrogen and oxygen atoms in total. The van der Waals surface area contributed by atoms with E-state index in [0.29, 0.717) is 0 Å². The van der Waals surface area contributed by atoms with Crippen molar-refractivity contribution in [2.24, 2.45) is 0 Å². The van der Waals surface area contributed by atoms with Crippen molar-refractivity contribution in [2.75, 3.05) is 24.7 Å². The Hall–Kier alpha value is -1.12. The number of nitrogens with one attached hydrogen (secondary N) is 1. The van der Waals surface area contributed by atoms with E-state index in [1.54, 1.807) is 0 Å². The Morgan fingerprint density at radius 1 is 1.33 bits per heavy atom. The molecule has 8 heteroatoms. The van der Waals surface area contributed by atoms with Crippen LogP contribution in [0, 0.1) is 0 Å². The predicted molar refractivity (Wildman–Crippen MR) is 59.0 cm³/mol. The molecule has 0 atom stereocenters. The maximum absolute atomic E-state index is 4.11. The normalized spacial score (nSPS) is 16.1. The van der Waals surface area contributed by atoms with Crippen LogP contribution in [0.25, 0.3) is 11.4 Å². The molecule has 2 aromatic heterocycles. The van der Waals surface area contributed by atoms with Gasteiger partial charge in [0, 0.05) is 30.0 Å². The van der Waals surface area contributed by atoms with Gasteiger partial charge in [0.1, 0.15) is 10.7 Å². The van der Waals surface area contributed by atoms with Crippen molar-refractivity contribution in [1.29, 1.82) is 0 Å². The summed E-state index contributed by atoms with van der Waals surface area (Å²) in [4.78, 5) is 2.22. The van der Waals surface area contributed by atoms with Crippen LogP contribution in [0.1, 0.15) is 0 Å². The van der Waals surface area contributed by atoms with Crippen LogP contribution in [0.15, 0.2) is 5.38 Å². The fourth-order valence-corrected chi connectivity index (χ4v) is 2.65. The summed E-state index contributed by atoms with van der Waals surface area (Å²) in [7, 11) is 0. The molecule has 1 aliphatic heterocycles. The van der Waals surface area contributed by atoms with Crippen molar-refractivity contribution >= 4 is 28.1 Å². The van der Waals surface area contributed by atoms with Crippen LogP contribution in [0.5, 0.6) is 0 Å². The lowest BCUT2D eigenvalue weighted by molar-refractivity contribution is 0.857. The van der Waals surface area contributed by atoms with Gasteiger partial charge in [-0.3, -0.25) is 5.32 Å². The minimum Gasteiger partial charge on any atom is -0.346 e. The van der Waals surface area contributed by atoms with Crippen LogP contribution < -0.4 is 10.2 Å². The summed E-state index contributed by atoms with van der Waals surface area (Å²) in [5.41, 5.74) is 1.66. The summed E-state index contributed by atoms with van der Waals surface area (Å²) in [5.74, 6) is 0. The molecule has 0 spiro atoms. The summed E-state index contributed by atoms with van der Waals surface area (Å²) in [6.07, 6.45) is 0. The van der Waals surface area contributed by atoms with Gasteiger partial charge in [0.25, 0.3) is 0 Å². The molecular weight excluding hydrogens is 232 g/mol. The van der Waals surface area contributed by atoms with E-state index in [9.17, 15) is 0 Å². The molecule has 1 aliphatic rings. The Labute approximate surface area is 94.3 Å². The zero-order chi connectivity index (χ0) is 10.1. The van der Waals surface area contributed by atoms with E-state index >= 15 is 0 Å². The number of aromatic nitrogens is 4. The fraction of sp³-hybridized carbons (Fsp3) is 0.429. The summed E-state index contributed by atoms with van der Waals surface area (Å²) in [6.45, 7) is 2.86. The average molecular weight is 240 g/mol. The average Bonchev–Trinajstić information content (AvgIpc) is 3.01. The molecule has 0 aromatic carbocycles. The van der Waals surface area contributed by atoms with Crippen LogP contribution in [0.4, 0.5) is 5.00 Å². The maximum Gasteiger partial charge on any atom is 0.150 e. The molecule has 2 aromatic rings. The zero-order valence-corrected chi connectivity index (χ0v) is 9.38. The molecule has 3 heterocycles. The molecule has 3 rings (SSSR count). The monoisotopic (exact) mass is 240 g/mol. The topological polar surface area (TPSA) is 66.8 Å². The Morgan fingerprint density at radius 2 is 2.33 bits per heavy atom. The molecule has 0 bridgehead atoms. The molecule has 1 saturated heterocycles. The van der Waals surface area contributed by atoms with Gasteiger partial charge in [0.05, 0.1) is 6.67 Å². The van der Waals surface area contributed by atoms with Gasteiger partial charge in [-0.1, -0.05) is 8.98 Å². The summed E-state index contributed by atoms with van der Waals surface area (Å²) in [6, 6.07) is 0. The van der Waals surface area contributed by atoms with Gasteiger partial charge in [0.2, 0.25) is 0 Å². The molecule has 0 amide bonds. The highest BCUT2D eigenvalue weighted by molar-refractivity contribution is 7.10. The van der Waals surface area contributed by atoms with Crippen LogP contribution in [0.2, 0.25) is 0 Å². The first kappa shape index (κ1) is 9.13. The number of nitrogens with zero attached hydrogens (tertiary/aromatic N) is 5. The van der Waals surface area contributed by atoms with Gasteiger partial charge in [0.15, 0.2) is 5.69 Å². The minimum atomic E-state index is 0.815. The quantitative estimate of drug-likeness (QED) is 0.821. The summed E-state index contributed by atoms with van der Waals surface area (Å²) in [5, 5.41) is 14.4. The van der Waals surface area contributed by atoms with Crippen LogP contribution >= 0.6 is 23.1 Å². The number of rotatable bonds is 2. The van der Waals surface area contributed by atoms with Crippen molar-refractivity contribution in [3.05, 3.63) is 5.38 Å². The van der Waals surface area contributed by atoms with E-state index in [1.165, 1.54) is 23.1 Å². The Morgan fingerprint density at radius 3 is 3.07 bits per heavy atom. The smallest absolute Gasteiger partial charge is 0.150 e. The van der Waals surface area contributed by atoms with E-state index < -0.39 is 0 Å². The molecule has 78 valence electrons. The highest BCUT2D eigenvalue weighted by Gasteiger charge is 2.21. The second-order valence-electron chi connectivity index (χ2n) is 3.14. The molecule has 0 aliphatic carbocycles. The standard InChI is InChI=1S/C7H8N6S2/c1-2-13(4-8-1)7-6(10-12-15-7)5-3-14-11-9-5/h3,8H,1-2,4H2. The van der Waals surface area contributed by atoms with Gasteiger partial charge in [-0.25, -0.2) is 0 Å². The van der Waals surface area contributed by atoms with E-state index in [0.717, 1.165) is 36.1 Å². The van der Waals surface area contributed by atoms with E-state index in [1.807, 2.05) is 5.38 Å². The van der Waals surface area contributed by atoms with Crippen molar-refractivity contribution in [3.63, 3.8) is 0 Å². The van der Waals surface area contributed by atoms with Crippen LogP contribution in [-0.4, -0.2) is 38.9 Å². The van der Waals surface area contributed by atoms with Crippen molar-refractivity contribution < 1.29 is 0 Å². The number of hydrogen-bond donors (Lipinski definition) is 1. The third-order valence-corrected chi connectivity index (χ3v) is 3.51. The van der Waals surface area contributed by atoms with Gasteiger partial charge in [-0.05, 0) is 11.5 Å². The second-order valence-corrected chi connectivity index (χ2v) is 4.48. The van der Waals surface area contributed by atoms with Gasteiger partial charge >= 0.3 is 0 Å². The maximum atomic E-state index is 4.11. The van der Waals surface area contributed by atoms with Crippen molar-refractivity contribution in [2.45, 2.75) is 0 Å². The molecule has 0 saturated carbocycles. The Bertz CT molecular complexity index is 432. The third kappa shape index (κ3) is 1.60. The minimum absolute atomic E-state index is 0.815. The highest BCUT2D eigenvalue weighted by atomic mass is 32.1. The SMILES string of the molecule is c1snnc1-c1nnsc1N1CCNC1. The van der Waals surface area contributed by atoms with Crippen LogP contribution in [-0.2, 0) is 0 Å². The van der Waals surface area contributed by atoms with Gasteiger partial charge < -0.3 is 4.90 Å². The first-order valence-corrected chi connectivity index (χ1v) is 6.11. The molecule has 0 radical (unpaired) electrons. The second kappa shape index (κ2) is 3.80. The van der Waals surface area contributed by atoms with Crippen molar-refractivity contribution in [1.82, 2.24) is 24.5 Å². The Balaban J connectivity index is 1.98. The zero-order valence-electron chi connectivity index (χ0n) is 7.75. The third-order valence-electron chi connectivity index (χ3n) is 2.22. The summed E-state index contributed by atoms with van der Waals surface area (Å²) >= 11 is 2.74. The molecule has 15 heavy (non-hydrogen) atoms. The van der Waals surface area contributed by atoms with E-state index in [4.69, 9.17) is 0 Å². The van der Waals surface area contributed by atoms with Gasteiger partial charge in [-0.2, -0.15) is 0 Å². The fourth-order valence-electron chi connectivity index (χ4n) is 1.50. The molecule has 1 N–H and O–H groups in total. The van der Waals surface area contributed by atoms with Gasteiger partial charge in [-0.15, -0.1) is 10.2 Å². The van der Waals surface area contributed by atoms with E-state index in [-0.39, 0.29) is 0 Å². The predicted octanol–water partition coefficient (Wildman–Crippen LogP) is 0.424. The lowest BCUT2D eigenvalue weighted by Crippen LogP contribution is -2.20. The summed E-state index contributed by atoms with van der Waals surface area (Å²) < 4.78 is 7.82. The first-order valence-electron chi connectivity index (χ1n) is 4.50. The first-order chi connectivity index (χ1) is 7.45. The molecule has 1 fully saturated rings. The van der Waals surface area contributed by atoms with E-state index in [2.05, 4.69) is 29.4 Å².